The molecule has 140 valence electrons. The molecule has 2 aromatic rings. The summed E-state index contributed by atoms with van der Waals surface area (Å²) in [6, 6.07) is 19.7. The van der Waals surface area contributed by atoms with Gasteiger partial charge in [0.1, 0.15) is 6.61 Å². The zero-order valence-corrected chi connectivity index (χ0v) is 15.3. The van der Waals surface area contributed by atoms with Gasteiger partial charge in [-0.25, -0.2) is 4.79 Å². The number of carbonyl (C=O) groups excluding carboxylic acids is 1. The quantitative estimate of drug-likeness (QED) is 0.591. The molecule has 0 atom stereocenters. The fraction of sp³-hybridized carbons (Fsp3) is 0.409. The van der Waals surface area contributed by atoms with Crippen LogP contribution in [-0.4, -0.2) is 29.3 Å². The Bertz CT molecular complexity index is 616. The van der Waals surface area contributed by atoms with Crippen LogP contribution < -0.4 is 0 Å². The van der Waals surface area contributed by atoms with Gasteiger partial charge in [-0.2, -0.15) is 0 Å². The summed E-state index contributed by atoms with van der Waals surface area (Å²) in [7, 11) is 0. The van der Waals surface area contributed by atoms with Gasteiger partial charge in [-0.1, -0.05) is 79.9 Å². The molecule has 0 saturated heterocycles. The zero-order valence-electron chi connectivity index (χ0n) is 15.3. The van der Waals surface area contributed by atoms with Crippen molar-refractivity contribution in [2.24, 2.45) is 0 Å². The minimum Gasteiger partial charge on any atom is -0.445 e. The molecule has 0 aliphatic rings. The molecule has 4 nitrogen and oxygen atoms in total. The average Bonchev–Trinajstić information content (AvgIpc) is 2.69. The standard InChI is InChI=1S/C22H29NO3/c24-17-11-3-1-2-10-16-23(18-20-12-6-4-7-13-20)22(25)26-19-21-14-8-5-9-15-21/h4-9,12-15,24H,1-3,10-11,16-19H2. The molecule has 0 aliphatic carbocycles. The third kappa shape index (κ3) is 7.70. The van der Waals surface area contributed by atoms with E-state index in [1.807, 2.05) is 60.7 Å². The highest BCUT2D eigenvalue weighted by Gasteiger charge is 2.15. The number of unbranched alkanes of at least 4 members (excludes halogenated alkanes) is 4. The Hall–Kier alpha value is -2.33. The molecule has 1 amide bonds. The molecule has 0 bridgehead atoms. The van der Waals surface area contributed by atoms with E-state index in [9.17, 15) is 4.79 Å². The van der Waals surface area contributed by atoms with Gasteiger partial charge in [0.25, 0.3) is 0 Å². The summed E-state index contributed by atoms with van der Waals surface area (Å²) < 4.78 is 5.51. The van der Waals surface area contributed by atoms with Crippen molar-refractivity contribution in [3.8, 4) is 0 Å². The van der Waals surface area contributed by atoms with Gasteiger partial charge in [0, 0.05) is 19.7 Å². The Kier molecular flexibility index (Phi) is 9.30. The van der Waals surface area contributed by atoms with Crippen molar-refractivity contribution < 1.29 is 14.6 Å². The molecule has 0 aliphatic heterocycles. The number of hydrogen-bond acceptors (Lipinski definition) is 3. The predicted molar refractivity (Wildman–Crippen MR) is 104 cm³/mol. The molecule has 0 unspecified atom stereocenters. The van der Waals surface area contributed by atoms with Crippen molar-refractivity contribution in [3.63, 3.8) is 0 Å². The van der Waals surface area contributed by atoms with Crippen LogP contribution in [0.4, 0.5) is 4.79 Å². The number of aliphatic hydroxyl groups is 1. The molecule has 4 heteroatoms. The largest absolute Gasteiger partial charge is 0.445 e. The van der Waals surface area contributed by atoms with Gasteiger partial charge in [-0.05, 0) is 24.0 Å². The van der Waals surface area contributed by atoms with Gasteiger partial charge in [-0.15, -0.1) is 0 Å². The highest BCUT2D eigenvalue weighted by Crippen LogP contribution is 2.11. The zero-order chi connectivity index (χ0) is 18.5. The second-order valence-corrected chi connectivity index (χ2v) is 6.44. The number of aliphatic hydroxyl groups excluding tert-OH is 1. The number of benzene rings is 2. The van der Waals surface area contributed by atoms with E-state index in [-0.39, 0.29) is 12.7 Å². The van der Waals surface area contributed by atoms with Crippen molar-refractivity contribution in [2.45, 2.75) is 45.3 Å². The summed E-state index contributed by atoms with van der Waals surface area (Å²) in [6.07, 6.45) is 4.70. The molecule has 0 heterocycles. The fourth-order valence-electron chi connectivity index (χ4n) is 2.79. The van der Waals surface area contributed by atoms with E-state index in [1.165, 1.54) is 0 Å². The lowest BCUT2D eigenvalue weighted by Gasteiger charge is -2.22. The van der Waals surface area contributed by atoms with Crippen LogP contribution in [0.2, 0.25) is 0 Å². The van der Waals surface area contributed by atoms with Crippen LogP contribution >= 0.6 is 0 Å². The van der Waals surface area contributed by atoms with Crippen molar-refractivity contribution in [2.75, 3.05) is 13.2 Å². The van der Waals surface area contributed by atoms with Gasteiger partial charge in [0.2, 0.25) is 0 Å². The van der Waals surface area contributed by atoms with Gasteiger partial charge in [0.15, 0.2) is 0 Å². The van der Waals surface area contributed by atoms with Crippen LogP contribution in [0.5, 0.6) is 0 Å². The van der Waals surface area contributed by atoms with Crippen molar-refractivity contribution in [1.82, 2.24) is 4.90 Å². The fourth-order valence-corrected chi connectivity index (χ4v) is 2.79. The Balaban J connectivity index is 1.85. The second kappa shape index (κ2) is 12.1. The van der Waals surface area contributed by atoms with Crippen LogP contribution in [0.25, 0.3) is 0 Å². The molecule has 0 radical (unpaired) electrons. The van der Waals surface area contributed by atoms with E-state index in [1.54, 1.807) is 4.90 Å². The molecule has 0 aromatic heterocycles. The van der Waals surface area contributed by atoms with Crippen LogP contribution in [0.15, 0.2) is 60.7 Å². The Morgan fingerprint density at radius 1 is 0.808 bits per heavy atom. The maximum Gasteiger partial charge on any atom is 0.410 e. The van der Waals surface area contributed by atoms with Crippen molar-refractivity contribution in [1.29, 1.82) is 0 Å². The van der Waals surface area contributed by atoms with Crippen molar-refractivity contribution >= 4 is 6.09 Å². The lowest BCUT2D eigenvalue weighted by molar-refractivity contribution is 0.0929. The Labute approximate surface area is 156 Å². The number of amides is 1. The Morgan fingerprint density at radius 2 is 1.38 bits per heavy atom. The third-order valence-electron chi connectivity index (χ3n) is 4.27. The SMILES string of the molecule is O=C(OCc1ccccc1)N(CCCCCCCO)Cc1ccccc1. The maximum atomic E-state index is 12.6. The minimum atomic E-state index is -0.270. The van der Waals surface area contributed by atoms with Gasteiger partial charge in [-0.3, -0.25) is 0 Å². The summed E-state index contributed by atoms with van der Waals surface area (Å²) in [5.41, 5.74) is 2.09. The van der Waals surface area contributed by atoms with Crippen molar-refractivity contribution in [3.05, 3.63) is 71.8 Å². The van der Waals surface area contributed by atoms with Crippen LogP contribution in [0, 0.1) is 0 Å². The first-order chi connectivity index (χ1) is 12.8. The van der Waals surface area contributed by atoms with E-state index in [0.717, 1.165) is 43.2 Å². The molecule has 2 rings (SSSR count). The first-order valence-corrected chi connectivity index (χ1v) is 9.40. The molecule has 26 heavy (non-hydrogen) atoms. The molecule has 0 spiro atoms. The van der Waals surface area contributed by atoms with E-state index in [4.69, 9.17) is 9.84 Å². The van der Waals surface area contributed by atoms with E-state index >= 15 is 0 Å². The normalized spacial score (nSPS) is 10.5. The lowest BCUT2D eigenvalue weighted by atomic mass is 10.1. The number of carbonyl (C=O) groups is 1. The van der Waals surface area contributed by atoms with E-state index < -0.39 is 0 Å². The first-order valence-electron chi connectivity index (χ1n) is 9.40. The molecule has 2 aromatic carbocycles. The highest BCUT2D eigenvalue weighted by atomic mass is 16.6. The van der Waals surface area contributed by atoms with Crippen LogP contribution in [0.1, 0.15) is 43.2 Å². The highest BCUT2D eigenvalue weighted by molar-refractivity contribution is 5.67. The van der Waals surface area contributed by atoms with Gasteiger partial charge >= 0.3 is 6.09 Å². The van der Waals surface area contributed by atoms with E-state index in [2.05, 4.69) is 0 Å². The maximum absolute atomic E-state index is 12.6. The molecule has 0 fully saturated rings. The lowest BCUT2D eigenvalue weighted by Crippen LogP contribution is -2.32. The summed E-state index contributed by atoms with van der Waals surface area (Å²) in [5, 5.41) is 8.83. The number of rotatable bonds is 11. The summed E-state index contributed by atoms with van der Waals surface area (Å²) in [4.78, 5) is 14.3. The number of hydrogen-bond donors (Lipinski definition) is 1. The first kappa shape index (κ1) is 20.0. The monoisotopic (exact) mass is 355 g/mol. The smallest absolute Gasteiger partial charge is 0.410 e. The summed E-state index contributed by atoms with van der Waals surface area (Å²) >= 11 is 0. The van der Waals surface area contributed by atoms with Gasteiger partial charge < -0.3 is 14.7 Å². The number of nitrogens with zero attached hydrogens (tertiary/aromatic N) is 1. The molecule has 1 N–H and O–H groups in total. The predicted octanol–water partition coefficient (Wildman–Crippen LogP) is 4.77. The van der Waals surface area contributed by atoms with E-state index in [0.29, 0.717) is 19.7 Å². The minimum absolute atomic E-state index is 0.256. The summed E-state index contributed by atoms with van der Waals surface area (Å²) in [6.45, 7) is 1.79. The molecular weight excluding hydrogens is 326 g/mol. The Morgan fingerprint density at radius 3 is 2.04 bits per heavy atom. The number of ether oxygens (including phenoxy) is 1. The molecular formula is C22H29NO3. The second-order valence-electron chi connectivity index (χ2n) is 6.44. The topological polar surface area (TPSA) is 49.8 Å². The third-order valence-corrected chi connectivity index (χ3v) is 4.27. The van der Waals surface area contributed by atoms with Crippen LogP contribution in [0.3, 0.4) is 0 Å². The van der Waals surface area contributed by atoms with Crippen LogP contribution in [-0.2, 0) is 17.9 Å². The van der Waals surface area contributed by atoms with Gasteiger partial charge in [0.05, 0.1) is 0 Å². The average molecular weight is 355 g/mol. The molecule has 0 saturated carbocycles. The summed E-state index contributed by atoms with van der Waals surface area (Å²) in [5.74, 6) is 0.